The first-order valence-electron chi connectivity index (χ1n) is 11.9. The van der Waals surface area contributed by atoms with Gasteiger partial charge in [-0.2, -0.15) is 0 Å². The van der Waals surface area contributed by atoms with E-state index in [1.165, 1.54) is 0 Å². The summed E-state index contributed by atoms with van der Waals surface area (Å²) in [6.45, 7) is 3.87. The van der Waals surface area contributed by atoms with Crippen LogP contribution in [-0.2, 0) is 9.59 Å². The van der Waals surface area contributed by atoms with Gasteiger partial charge in [-0.1, -0.05) is 12.1 Å². The maximum atomic E-state index is 13.7. The molecule has 4 heterocycles. The number of ether oxygens (including phenoxy) is 2. The van der Waals surface area contributed by atoms with Crippen molar-refractivity contribution in [2.24, 2.45) is 0 Å². The molecule has 6 rings (SSSR count). The summed E-state index contributed by atoms with van der Waals surface area (Å²) in [6, 6.07) is 14.8. The van der Waals surface area contributed by atoms with Crippen molar-refractivity contribution < 1.29 is 23.5 Å². The molecule has 0 saturated heterocycles. The number of carbonyl (C=O) groups is 2. The molecular formula is C28H25N3O5. The van der Waals surface area contributed by atoms with Crippen LogP contribution in [0.3, 0.4) is 0 Å². The highest BCUT2D eigenvalue weighted by atomic mass is 16.7. The van der Waals surface area contributed by atoms with Crippen molar-refractivity contribution in [2.45, 2.75) is 38.5 Å². The Bertz CT molecular complexity index is 1440. The number of anilines is 1. The number of furan rings is 1. The predicted molar refractivity (Wildman–Crippen MR) is 131 cm³/mol. The molecule has 2 aromatic heterocycles. The van der Waals surface area contributed by atoms with Crippen LogP contribution < -0.4 is 20.1 Å². The second-order valence-electron chi connectivity index (χ2n) is 9.26. The van der Waals surface area contributed by atoms with Crippen molar-refractivity contribution in [1.82, 2.24) is 10.3 Å². The summed E-state index contributed by atoms with van der Waals surface area (Å²) in [5, 5.41) is 6.30. The zero-order valence-corrected chi connectivity index (χ0v) is 20.0. The van der Waals surface area contributed by atoms with E-state index in [2.05, 4.69) is 15.6 Å². The van der Waals surface area contributed by atoms with Crippen LogP contribution in [0.2, 0.25) is 0 Å². The molecule has 2 aliphatic heterocycles. The largest absolute Gasteiger partial charge is 0.469 e. The van der Waals surface area contributed by atoms with Crippen LogP contribution in [0, 0.1) is 6.92 Å². The lowest BCUT2D eigenvalue weighted by Crippen LogP contribution is -2.37. The summed E-state index contributed by atoms with van der Waals surface area (Å²) in [4.78, 5) is 31.8. The van der Waals surface area contributed by atoms with Crippen molar-refractivity contribution in [1.29, 1.82) is 0 Å². The zero-order valence-electron chi connectivity index (χ0n) is 20.0. The van der Waals surface area contributed by atoms with Crippen LogP contribution in [-0.4, -0.2) is 23.5 Å². The maximum Gasteiger partial charge on any atom is 0.255 e. The van der Waals surface area contributed by atoms with Gasteiger partial charge in [0.2, 0.25) is 6.79 Å². The number of fused-ring (bicyclic) bond motifs is 1. The number of nitrogens with one attached hydrogen (secondary N) is 2. The smallest absolute Gasteiger partial charge is 0.255 e. The number of ketones is 1. The fourth-order valence-corrected chi connectivity index (χ4v) is 5.29. The first kappa shape index (κ1) is 22.2. The molecule has 1 amide bonds. The number of carbonyl (C=O) groups excluding carboxylic acids is 2. The molecule has 1 aliphatic carbocycles. The molecule has 2 atom stereocenters. The van der Waals surface area contributed by atoms with E-state index in [1.54, 1.807) is 12.3 Å². The van der Waals surface area contributed by atoms with Gasteiger partial charge in [0.05, 0.1) is 6.26 Å². The lowest BCUT2D eigenvalue weighted by atomic mass is 9.72. The van der Waals surface area contributed by atoms with Gasteiger partial charge in [-0.25, -0.2) is 4.98 Å². The number of amides is 1. The quantitative estimate of drug-likeness (QED) is 0.554. The average molecular weight is 484 g/mol. The van der Waals surface area contributed by atoms with Gasteiger partial charge in [0.1, 0.15) is 11.6 Å². The first-order valence-corrected chi connectivity index (χ1v) is 11.9. The van der Waals surface area contributed by atoms with Crippen LogP contribution >= 0.6 is 0 Å². The Labute approximate surface area is 208 Å². The zero-order chi connectivity index (χ0) is 24.8. The topological polar surface area (TPSA) is 103 Å². The fraction of sp³-hybridized carbons (Fsp3) is 0.250. The molecule has 0 fully saturated rings. The number of rotatable bonds is 4. The second kappa shape index (κ2) is 8.71. The van der Waals surface area contributed by atoms with E-state index in [4.69, 9.17) is 13.9 Å². The normalized spacial score (nSPS) is 20.8. The summed E-state index contributed by atoms with van der Waals surface area (Å²) in [7, 11) is 0. The average Bonchev–Trinajstić information content (AvgIpc) is 3.55. The molecule has 182 valence electrons. The standard InChI is InChI=1S/C28H25N3O5/c1-15-5-3-7-24(29-15)31-28(33)25-16(2)30-19-11-18(21-6-4-10-34-21)12-20(32)27(19)26(25)17-8-9-22-23(13-17)36-14-35-22/h3-10,13,18,26,30H,11-12,14H2,1-2H3,(H,29,31,33)/t18-,26-/m0/s1. The Kier molecular flexibility index (Phi) is 5.36. The van der Waals surface area contributed by atoms with Crippen LogP contribution in [0.25, 0.3) is 0 Å². The fourth-order valence-electron chi connectivity index (χ4n) is 5.29. The number of benzene rings is 1. The molecular weight excluding hydrogens is 458 g/mol. The number of pyridine rings is 1. The van der Waals surface area contributed by atoms with Gasteiger partial charge >= 0.3 is 0 Å². The highest BCUT2D eigenvalue weighted by Crippen LogP contribution is 2.47. The van der Waals surface area contributed by atoms with E-state index in [9.17, 15) is 9.59 Å². The van der Waals surface area contributed by atoms with E-state index in [0.29, 0.717) is 47.0 Å². The molecule has 1 aromatic carbocycles. The second-order valence-corrected chi connectivity index (χ2v) is 9.26. The van der Waals surface area contributed by atoms with Crippen LogP contribution in [0.4, 0.5) is 5.82 Å². The van der Waals surface area contributed by atoms with Crippen molar-refractivity contribution >= 4 is 17.5 Å². The Hall–Kier alpha value is -4.33. The Morgan fingerprint density at radius 2 is 1.92 bits per heavy atom. The van der Waals surface area contributed by atoms with Gasteiger partial charge in [0.15, 0.2) is 17.3 Å². The van der Waals surface area contributed by atoms with Gasteiger partial charge in [-0.15, -0.1) is 0 Å². The van der Waals surface area contributed by atoms with E-state index in [1.807, 2.05) is 56.3 Å². The van der Waals surface area contributed by atoms with Gasteiger partial charge in [0, 0.05) is 46.5 Å². The lowest BCUT2D eigenvalue weighted by Gasteiger charge is -2.36. The number of Topliss-reactive ketones (excluding diaryl/α,β-unsaturated/α-hetero) is 1. The van der Waals surface area contributed by atoms with Crippen molar-refractivity contribution in [3.63, 3.8) is 0 Å². The molecule has 8 nitrogen and oxygen atoms in total. The minimum Gasteiger partial charge on any atom is -0.469 e. The predicted octanol–water partition coefficient (Wildman–Crippen LogP) is 4.71. The van der Waals surface area contributed by atoms with Crippen LogP contribution in [0.1, 0.15) is 48.6 Å². The number of nitrogens with zero attached hydrogens (tertiary/aromatic N) is 1. The van der Waals surface area contributed by atoms with Crippen molar-refractivity contribution in [2.75, 3.05) is 12.1 Å². The molecule has 3 aliphatic rings. The third-order valence-electron chi connectivity index (χ3n) is 6.88. The van der Waals surface area contributed by atoms with E-state index in [0.717, 1.165) is 22.7 Å². The SMILES string of the molecule is CC1=C(C(=O)Nc2cccc(C)n2)[C@H](c2ccc3c(c2)OCO3)C2=C(C[C@H](c3ccco3)CC2=O)N1. The third kappa shape index (κ3) is 3.84. The Morgan fingerprint density at radius 1 is 1.06 bits per heavy atom. The number of allylic oxidation sites excluding steroid dienone is 3. The molecule has 2 N–H and O–H groups in total. The summed E-state index contributed by atoms with van der Waals surface area (Å²) >= 11 is 0. The van der Waals surface area contributed by atoms with Gasteiger partial charge in [-0.3, -0.25) is 9.59 Å². The minimum absolute atomic E-state index is 0.0145. The maximum absolute atomic E-state index is 13.7. The number of aromatic nitrogens is 1. The molecule has 0 saturated carbocycles. The summed E-state index contributed by atoms with van der Waals surface area (Å²) in [5.74, 6) is 1.53. The minimum atomic E-state index is -0.564. The van der Waals surface area contributed by atoms with Gasteiger partial charge in [0.25, 0.3) is 5.91 Å². The van der Waals surface area contributed by atoms with Crippen LogP contribution in [0.5, 0.6) is 11.5 Å². The van der Waals surface area contributed by atoms with E-state index in [-0.39, 0.29) is 24.4 Å². The molecule has 8 heteroatoms. The molecule has 0 unspecified atom stereocenters. The van der Waals surface area contributed by atoms with Gasteiger partial charge < -0.3 is 24.5 Å². The number of aryl methyl sites for hydroxylation is 1. The summed E-state index contributed by atoms with van der Waals surface area (Å²) in [6.07, 6.45) is 2.55. The highest BCUT2D eigenvalue weighted by Gasteiger charge is 2.42. The number of hydrogen-bond acceptors (Lipinski definition) is 7. The Morgan fingerprint density at radius 3 is 2.72 bits per heavy atom. The van der Waals surface area contributed by atoms with Crippen LogP contribution in [0.15, 0.2) is 81.8 Å². The molecule has 0 bridgehead atoms. The number of dihydropyridines is 1. The van der Waals surface area contributed by atoms with Gasteiger partial charge in [-0.05, 0) is 62.2 Å². The first-order chi connectivity index (χ1) is 17.5. The number of hydrogen-bond donors (Lipinski definition) is 2. The highest BCUT2D eigenvalue weighted by molar-refractivity contribution is 6.09. The molecule has 3 aromatic rings. The van der Waals surface area contributed by atoms with Crippen molar-refractivity contribution in [3.05, 3.63) is 94.4 Å². The van der Waals surface area contributed by atoms with E-state index < -0.39 is 5.92 Å². The monoisotopic (exact) mass is 483 g/mol. The summed E-state index contributed by atoms with van der Waals surface area (Å²) in [5.41, 5.74) is 4.17. The Balaban J connectivity index is 1.43. The third-order valence-corrected chi connectivity index (χ3v) is 6.88. The molecule has 0 spiro atoms. The van der Waals surface area contributed by atoms with Crippen molar-refractivity contribution in [3.8, 4) is 11.5 Å². The van der Waals surface area contributed by atoms with E-state index >= 15 is 0 Å². The molecule has 0 radical (unpaired) electrons. The molecule has 36 heavy (non-hydrogen) atoms. The summed E-state index contributed by atoms with van der Waals surface area (Å²) < 4.78 is 16.7. The lowest BCUT2D eigenvalue weighted by molar-refractivity contribution is -0.116.